The summed E-state index contributed by atoms with van der Waals surface area (Å²) in [5.74, 6) is -0.417. The maximum atomic E-state index is 12.1. The molecule has 0 unspecified atom stereocenters. The Morgan fingerprint density at radius 3 is 2.58 bits per heavy atom. The fourth-order valence-corrected chi connectivity index (χ4v) is 2.49. The van der Waals surface area contributed by atoms with Gasteiger partial charge in [-0.05, 0) is 30.4 Å². The minimum absolute atomic E-state index is 0.197. The van der Waals surface area contributed by atoms with Crippen LogP contribution in [0.4, 0.5) is 0 Å². The summed E-state index contributed by atoms with van der Waals surface area (Å²) in [4.78, 5) is 20.4. The Morgan fingerprint density at radius 1 is 1.00 bits per heavy atom. The molecule has 0 saturated heterocycles. The van der Waals surface area contributed by atoms with Gasteiger partial charge in [-0.25, -0.2) is 9.98 Å². The molecule has 2 heterocycles. The van der Waals surface area contributed by atoms with Crippen molar-refractivity contribution >= 4 is 18.1 Å². The minimum atomic E-state index is -0.377. The predicted octanol–water partition coefficient (Wildman–Crippen LogP) is 2.07. The lowest BCUT2D eigenvalue weighted by molar-refractivity contribution is -0.114. The fraction of sp³-hybridized carbons (Fsp3) is 0. The van der Waals surface area contributed by atoms with Crippen molar-refractivity contribution in [2.24, 2.45) is 4.99 Å². The quantitative estimate of drug-likeness (QED) is 0.734. The van der Waals surface area contributed by atoms with E-state index in [4.69, 9.17) is 4.42 Å². The molecule has 1 aliphatic heterocycles. The van der Waals surface area contributed by atoms with Gasteiger partial charge in [0.15, 0.2) is 0 Å². The zero-order valence-corrected chi connectivity index (χ0v) is 12.5. The molecule has 5 nitrogen and oxygen atoms in total. The minimum Gasteiger partial charge on any atom is -0.479 e. The van der Waals surface area contributed by atoms with Gasteiger partial charge < -0.3 is 9.52 Å². The van der Waals surface area contributed by atoms with Crippen LogP contribution in [0, 0.1) is 0 Å². The van der Waals surface area contributed by atoms with Crippen molar-refractivity contribution in [2.75, 3.05) is 0 Å². The van der Waals surface area contributed by atoms with Crippen LogP contribution in [0.15, 0.2) is 69.6 Å². The Hall–Kier alpha value is -3.47. The summed E-state index contributed by atoms with van der Waals surface area (Å²) >= 11 is 0. The maximum Gasteiger partial charge on any atom is 0.310 e. The lowest BCUT2D eigenvalue weighted by atomic mass is 10.1. The molecule has 5 heteroatoms. The van der Waals surface area contributed by atoms with Crippen molar-refractivity contribution in [2.45, 2.75) is 0 Å². The summed E-state index contributed by atoms with van der Waals surface area (Å²) < 4.78 is 5.29. The third kappa shape index (κ3) is 2.52. The molecule has 1 aromatic heterocycles. The maximum absolute atomic E-state index is 12.1. The third-order valence-electron chi connectivity index (χ3n) is 3.66. The summed E-state index contributed by atoms with van der Waals surface area (Å²) in [7, 11) is 0. The number of carbonyl (C=O) groups is 1. The van der Waals surface area contributed by atoms with Gasteiger partial charge in [0.05, 0.1) is 5.36 Å². The molecule has 4 rings (SSSR count). The predicted molar refractivity (Wildman–Crippen MR) is 88.3 cm³/mol. The van der Waals surface area contributed by atoms with Crippen LogP contribution in [-0.2, 0) is 4.79 Å². The third-order valence-corrected chi connectivity index (χ3v) is 3.66. The van der Waals surface area contributed by atoms with Crippen molar-refractivity contribution < 1.29 is 14.3 Å². The summed E-state index contributed by atoms with van der Waals surface area (Å²) in [5.41, 5.74) is 1.28. The molecular formula is C19H12N2O3. The number of aromatic hydroxyl groups is 1. The lowest BCUT2D eigenvalue weighted by Crippen LogP contribution is -2.29. The Kier molecular flexibility index (Phi) is 3.31. The van der Waals surface area contributed by atoms with E-state index in [0.29, 0.717) is 16.8 Å². The first kappa shape index (κ1) is 14.1. The SMILES string of the molecule is O=C1N=c2ccccc2=C/C1=C\c1nc(-c2ccccc2)oc1O. The zero-order chi connectivity index (χ0) is 16.5. The van der Waals surface area contributed by atoms with Crippen molar-refractivity contribution in [3.63, 3.8) is 0 Å². The number of rotatable bonds is 2. The Balaban J connectivity index is 1.78. The van der Waals surface area contributed by atoms with Gasteiger partial charge in [0.2, 0.25) is 5.89 Å². The zero-order valence-electron chi connectivity index (χ0n) is 12.5. The van der Waals surface area contributed by atoms with Crippen molar-refractivity contribution in [1.82, 2.24) is 4.98 Å². The number of hydrogen-bond acceptors (Lipinski definition) is 4. The van der Waals surface area contributed by atoms with Gasteiger partial charge in [-0.3, -0.25) is 4.79 Å². The first-order valence-electron chi connectivity index (χ1n) is 7.37. The molecule has 3 aromatic rings. The summed E-state index contributed by atoms with van der Waals surface area (Å²) in [5, 5.41) is 11.5. The van der Waals surface area contributed by atoms with E-state index < -0.39 is 0 Å². The van der Waals surface area contributed by atoms with Crippen molar-refractivity contribution in [1.29, 1.82) is 0 Å². The number of aromatic nitrogens is 1. The van der Waals surface area contributed by atoms with Gasteiger partial charge in [0.1, 0.15) is 5.69 Å². The molecule has 2 aromatic carbocycles. The van der Waals surface area contributed by atoms with E-state index in [1.54, 1.807) is 12.1 Å². The van der Waals surface area contributed by atoms with Crippen LogP contribution < -0.4 is 10.6 Å². The van der Waals surface area contributed by atoms with E-state index in [0.717, 1.165) is 10.8 Å². The number of benzene rings is 2. The van der Waals surface area contributed by atoms with Crippen LogP contribution >= 0.6 is 0 Å². The molecule has 0 bridgehead atoms. The molecule has 0 aliphatic carbocycles. The first-order valence-corrected chi connectivity index (χ1v) is 7.37. The molecule has 0 radical (unpaired) electrons. The van der Waals surface area contributed by atoms with Crippen molar-refractivity contribution in [3.05, 3.63) is 76.4 Å². The van der Waals surface area contributed by atoms with E-state index in [-0.39, 0.29) is 17.5 Å². The molecule has 24 heavy (non-hydrogen) atoms. The van der Waals surface area contributed by atoms with Crippen LogP contribution in [0.1, 0.15) is 5.69 Å². The summed E-state index contributed by atoms with van der Waals surface area (Å²) in [6.45, 7) is 0. The molecule has 0 fully saturated rings. The smallest absolute Gasteiger partial charge is 0.310 e. The van der Waals surface area contributed by atoms with E-state index >= 15 is 0 Å². The van der Waals surface area contributed by atoms with Gasteiger partial charge >= 0.3 is 5.95 Å². The largest absolute Gasteiger partial charge is 0.479 e. The standard InChI is InChI=1S/C19H12N2O3/c22-17-14(10-13-8-4-5-9-15(13)20-17)11-16-19(23)24-18(21-16)12-6-2-1-3-7-12/h1-11,23H/b14-11+. The number of para-hydroxylation sites is 1. The molecule has 0 saturated carbocycles. The first-order chi connectivity index (χ1) is 11.7. The highest BCUT2D eigenvalue weighted by Gasteiger charge is 2.16. The average molecular weight is 316 g/mol. The van der Waals surface area contributed by atoms with E-state index in [2.05, 4.69) is 9.98 Å². The molecule has 116 valence electrons. The number of oxazole rings is 1. The summed E-state index contributed by atoms with van der Waals surface area (Å²) in [6.07, 6.45) is 3.20. The average Bonchev–Trinajstić information content (AvgIpc) is 2.97. The van der Waals surface area contributed by atoms with Gasteiger partial charge in [-0.1, -0.05) is 36.4 Å². The highest BCUT2D eigenvalue weighted by molar-refractivity contribution is 6.07. The van der Waals surface area contributed by atoms with E-state index in [1.165, 1.54) is 6.08 Å². The number of hydrogen-bond donors (Lipinski definition) is 1. The molecule has 0 spiro atoms. The highest BCUT2D eigenvalue weighted by atomic mass is 16.5. The Bertz CT molecular complexity index is 1080. The van der Waals surface area contributed by atoms with Gasteiger partial charge in [0.25, 0.3) is 5.91 Å². The number of fused-ring (bicyclic) bond motifs is 1. The number of amides is 1. The van der Waals surface area contributed by atoms with Gasteiger partial charge in [-0.15, -0.1) is 0 Å². The van der Waals surface area contributed by atoms with Crippen LogP contribution in [0.2, 0.25) is 0 Å². The number of carbonyl (C=O) groups excluding carboxylic acids is 1. The topological polar surface area (TPSA) is 75.7 Å². The van der Waals surface area contributed by atoms with Gasteiger partial charge in [0, 0.05) is 16.4 Å². The fourth-order valence-electron chi connectivity index (χ4n) is 2.49. The summed E-state index contributed by atoms with van der Waals surface area (Å²) in [6, 6.07) is 16.6. The normalized spacial score (nSPS) is 14.8. The van der Waals surface area contributed by atoms with E-state index in [9.17, 15) is 9.90 Å². The van der Waals surface area contributed by atoms with Crippen molar-refractivity contribution in [3.8, 4) is 17.4 Å². The Labute approximate surface area is 136 Å². The highest BCUT2D eigenvalue weighted by Crippen LogP contribution is 2.28. The molecule has 1 N–H and O–H groups in total. The lowest BCUT2D eigenvalue weighted by Gasteiger charge is -2.01. The van der Waals surface area contributed by atoms with Crippen LogP contribution in [0.3, 0.4) is 0 Å². The molecular weight excluding hydrogens is 304 g/mol. The van der Waals surface area contributed by atoms with Crippen LogP contribution in [0.5, 0.6) is 5.95 Å². The number of nitrogens with zero attached hydrogens (tertiary/aromatic N) is 2. The molecule has 0 atom stereocenters. The van der Waals surface area contributed by atoms with Gasteiger partial charge in [-0.2, -0.15) is 0 Å². The monoisotopic (exact) mass is 316 g/mol. The van der Waals surface area contributed by atoms with E-state index in [1.807, 2.05) is 48.5 Å². The van der Waals surface area contributed by atoms with Crippen LogP contribution in [-0.4, -0.2) is 16.0 Å². The second-order valence-electron chi connectivity index (χ2n) is 5.30. The second kappa shape index (κ2) is 5.62. The van der Waals surface area contributed by atoms with Crippen LogP contribution in [0.25, 0.3) is 23.6 Å². The molecule has 1 amide bonds. The molecule has 1 aliphatic rings. The second-order valence-corrected chi connectivity index (χ2v) is 5.30. The Morgan fingerprint density at radius 2 is 1.75 bits per heavy atom.